The molecule has 0 unspecified atom stereocenters. The largest absolute Gasteiger partial charge is 0.487 e. The third-order valence-electron chi connectivity index (χ3n) is 4.53. The Hall–Kier alpha value is -3.74. The van der Waals surface area contributed by atoms with Gasteiger partial charge in [-0.05, 0) is 43.2 Å². The van der Waals surface area contributed by atoms with Crippen molar-refractivity contribution in [3.8, 4) is 5.75 Å². The number of nitrogens with zero attached hydrogens (tertiary/aromatic N) is 4. The van der Waals surface area contributed by atoms with Gasteiger partial charge in [0.2, 0.25) is 0 Å². The Morgan fingerprint density at radius 3 is 2.76 bits per heavy atom. The van der Waals surface area contributed by atoms with E-state index in [1.54, 1.807) is 18.7 Å². The molecule has 29 heavy (non-hydrogen) atoms. The molecule has 2 aromatic heterocycles. The number of nitrogen functional groups attached to an aromatic ring is 1. The predicted octanol–water partition coefficient (Wildman–Crippen LogP) is 3.54. The number of nitrogens with two attached hydrogens (primary N) is 1. The van der Waals surface area contributed by atoms with Crippen LogP contribution in [-0.2, 0) is 13.0 Å². The number of benzene rings is 2. The van der Waals surface area contributed by atoms with E-state index in [0.29, 0.717) is 18.8 Å². The second-order valence-electron chi connectivity index (χ2n) is 6.72. The Kier molecular flexibility index (Phi) is 5.47. The summed E-state index contributed by atoms with van der Waals surface area (Å²) in [6.45, 7) is 2.99. The number of para-hydroxylation sites is 1. The van der Waals surface area contributed by atoms with Crippen LogP contribution in [-0.4, -0.2) is 26.5 Å². The molecule has 0 radical (unpaired) electrons. The number of hydrogen-bond donors (Lipinski definition) is 2. The summed E-state index contributed by atoms with van der Waals surface area (Å²) in [6.07, 6.45) is 5.82. The smallest absolute Gasteiger partial charge is 0.137 e. The average Bonchev–Trinajstić information content (AvgIpc) is 2.74. The minimum Gasteiger partial charge on any atom is -0.487 e. The lowest BCUT2D eigenvalue weighted by atomic mass is 10.1. The van der Waals surface area contributed by atoms with Gasteiger partial charge in [0.05, 0.1) is 23.1 Å². The average molecular weight is 386 g/mol. The van der Waals surface area contributed by atoms with Crippen molar-refractivity contribution in [3.63, 3.8) is 0 Å². The van der Waals surface area contributed by atoms with Crippen molar-refractivity contribution in [1.29, 1.82) is 0 Å². The van der Waals surface area contributed by atoms with E-state index in [1.807, 2.05) is 43.3 Å². The summed E-state index contributed by atoms with van der Waals surface area (Å²) in [5.41, 5.74) is 10.3. The fourth-order valence-corrected chi connectivity index (χ4v) is 3.03. The lowest BCUT2D eigenvalue weighted by Gasteiger charge is -2.12. The van der Waals surface area contributed by atoms with Crippen LogP contribution in [0.25, 0.3) is 10.9 Å². The van der Waals surface area contributed by atoms with E-state index < -0.39 is 0 Å². The van der Waals surface area contributed by atoms with E-state index >= 15 is 0 Å². The molecule has 0 aliphatic heterocycles. The maximum absolute atomic E-state index is 5.98. The first kappa shape index (κ1) is 18.6. The summed E-state index contributed by atoms with van der Waals surface area (Å²) in [6, 6.07) is 13.6. The van der Waals surface area contributed by atoms with Crippen molar-refractivity contribution < 1.29 is 4.74 Å². The van der Waals surface area contributed by atoms with Gasteiger partial charge >= 0.3 is 0 Å². The summed E-state index contributed by atoms with van der Waals surface area (Å²) in [7, 11) is 0. The zero-order valence-electron chi connectivity index (χ0n) is 16.2. The Morgan fingerprint density at radius 1 is 1.00 bits per heavy atom. The minimum absolute atomic E-state index is 0.382. The van der Waals surface area contributed by atoms with Crippen LogP contribution in [0, 0.1) is 6.92 Å². The van der Waals surface area contributed by atoms with Gasteiger partial charge in [0.15, 0.2) is 0 Å². The molecule has 0 aliphatic carbocycles. The molecule has 2 aromatic carbocycles. The monoisotopic (exact) mass is 386 g/mol. The Bertz CT molecular complexity index is 1110. The molecule has 7 nitrogen and oxygen atoms in total. The molecular formula is C22H22N6O. The Labute approximate surface area is 169 Å². The van der Waals surface area contributed by atoms with Gasteiger partial charge in [0, 0.05) is 23.8 Å². The van der Waals surface area contributed by atoms with Crippen LogP contribution in [0.4, 0.5) is 11.5 Å². The fourth-order valence-electron chi connectivity index (χ4n) is 3.03. The van der Waals surface area contributed by atoms with Crippen molar-refractivity contribution in [2.24, 2.45) is 0 Å². The van der Waals surface area contributed by atoms with E-state index in [9.17, 15) is 0 Å². The molecule has 0 aliphatic rings. The van der Waals surface area contributed by atoms with E-state index in [4.69, 9.17) is 10.5 Å². The molecule has 7 heteroatoms. The highest BCUT2D eigenvalue weighted by molar-refractivity contribution is 5.91. The third kappa shape index (κ3) is 4.57. The number of nitrogens with one attached hydrogen (secondary N) is 1. The second-order valence-corrected chi connectivity index (χ2v) is 6.72. The van der Waals surface area contributed by atoms with Crippen LogP contribution in [0.5, 0.6) is 5.75 Å². The summed E-state index contributed by atoms with van der Waals surface area (Å²) in [4.78, 5) is 17.2. The first-order chi connectivity index (χ1) is 14.2. The van der Waals surface area contributed by atoms with Gasteiger partial charge in [-0.15, -0.1) is 0 Å². The number of fused-ring (bicyclic) bond motifs is 1. The van der Waals surface area contributed by atoms with E-state index in [1.165, 1.54) is 0 Å². The molecule has 146 valence electrons. The SMILES string of the molecule is Cc1cnc(COc2ccccc2CCNc2ncnc3ccc(N)cc23)cn1. The zero-order valence-corrected chi connectivity index (χ0v) is 16.2. The number of anilines is 2. The van der Waals surface area contributed by atoms with Gasteiger partial charge in [-0.3, -0.25) is 9.97 Å². The number of ether oxygens (including phenoxy) is 1. The highest BCUT2D eigenvalue weighted by atomic mass is 16.5. The van der Waals surface area contributed by atoms with E-state index in [-0.39, 0.29) is 0 Å². The van der Waals surface area contributed by atoms with Crippen LogP contribution in [0.1, 0.15) is 17.0 Å². The van der Waals surface area contributed by atoms with Crippen molar-refractivity contribution in [1.82, 2.24) is 19.9 Å². The van der Waals surface area contributed by atoms with Crippen LogP contribution in [0.2, 0.25) is 0 Å². The molecule has 0 saturated heterocycles. The molecule has 4 aromatic rings. The maximum atomic E-state index is 5.98. The third-order valence-corrected chi connectivity index (χ3v) is 4.53. The van der Waals surface area contributed by atoms with E-state index in [0.717, 1.165) is 45.8 Å². The highest BCUT2D eigenvalue weighted by Gasteiger charge is 2.07. The zero-order chi connectivity index (χ0) is 20.1. The lowest BCUT2D eigenvalue weighted by molar-refractivity contribution is 0.297. The molecule has 0 bridgehead atoms. The fraction of sp³-hybridized carbons (Fsp3) is 0.182. The molecule has 2 heterocycles. The summed E-state index contributed by atoms with van der Waals surface area (Å²) in [5.74, 6) is 1.61. The first-order valence-corrected chi connectivity index (χ1v) is 9.41. The van der Waals surface area contributed by atoms with Gasteiger partial charge in [-0.2, -0.15) is 0 Å². The molecular weight excluding hydrogens is 364 g/mol. The summed E-state index contributed by atoms with van der Waals surface area (Å²) in [5, 5.41) is 4.30. The quantitative estimate of drug-likeness (QED) is 0.469. The van der Waals surface area contributed by atoms with Gasteiger partial charge in [0.25, 0.3) is 0 Å². The normalized spacial score (nSPS) is 10.8. The van der Waals surface area contributed by atoms with Gasteiger partial charge in [-0.1, -0.05) is 18.2 Å². The molecule has 3 N–H and O–H groups in total. The van der Waals surface area contributed by atoms with Crippen molar-refractivity contribution in [2.45, 2.75) is 20.0 Å². The van der Waals surface area contributed by atoms with Gasteiger partial charge in [0.1, 0.15) is 24.5 Å². The minimum atomic E-state index is 0.382. The van der Waals surface area contributed by atoms with Crippen LogP contribution in [0.3, 0.4) is 0 Å². The van der Waals surface area contributed by atoms with Crippen LogP contribution >= 0.6 is 0 Å². The van der Waals surface area contributed by atoms with Gasteiger partial charge in [-0.25, -0.2) is 9.97 Å². The van der Waals surface area contributed by atoms with Crippen LogP contribution in [0.15, 0.2) is 61.2 Å². The van der Waals surface area contributed by atoms with Gasteiger partial charge < -0.3 is 15.8 Å². The molecule has 0 saturated carbocycles. The topological polar surface area (TPSA) is 98.8 Å². The molecule has 4 rings (SSSR count). The van der Waals surface area contributed by atoms with Crippen molar-refractivity contribution >= 4 is 22.4 Å². The summed E-state index contributed by atoms with van der Waals surface area (Å²) < 4.78 is 5.98. The number of rotatable bonds is 7. The standard InChI is InChI=1S/C22H22N6O/c1-15-11-26-18(12-25-15)13-29-21-5-3-2-4-16(21)8-9-24-22-19-10-17(23)6-7-20(19)27-14-28-22/h2-7,10-12,14H,8-9,13,23H2,1H3,(H,24,27,28). The van der Waals surface area contributed by atoms with Crippen molar-refractivity contribution in [2.75, 3.05) is 17.6 Å². The van der Waals surface area contributed by atoms with Crippen LogP contribution < -0.4 is 15.8 Å². The highest BCUT2D eigenvalue weighted by Crippen LogP contribution is 2.23. The molecule has 0 spiro atoms. The Morgan fingerprint density at radius 2 is 1.90 bits per heavy atom. The molecule has 0 fully saturated rings. The second kappa shape index (κ2) is 8.52. The first-order valence-electron chi connectivity index (χ1n) is 9.41. The molecule has 0 atom stereocenters. The Balaban J connectivity index is 1.42. The number of aryl methyl sites for hydroxylation is 1. The lowest BCUT2D eigenvalue weighted by Crippen LogP contribution is -2.09. The van der Waals surface area contributed by atoms with Crippen molar-refractivity contribution in [3.05, 3.63) is 78.1 Å². The summed E-state index contributed by atoms with van der Waals surface area (Å²) >= 11 is 0. The maximum Gasteiger partial charge on any atom is 0.137 e. The molecule has 0 amide bonds. The number of aromatic nitrogens is 4. The van der Waals surface area contributed by atoms with E-state index in [2.05, 4.69) is 31.3 Å². The predicted molar refractivity (Wildman–Crippen MR) is 114 cm³/mol. The number of hydrogen-bond acceptors (Lipinski definition) is 7.